The molecule has 0 aliphatic carbocycles. The zero-order valence-electron chi connectivity index (χ0n) is 13.9. The van der Waals surface area contributed by atoms with E-state index in [9.17, 15) is 14.4 Å². The Morgan fingerprint density at radius 3 is 2.64 bits per heavy atom. The van der Waals surface area contributed by atoms with E-state index in [4.69, 9.17) is 11.6 Å². The van der Waals surface area contributed by atoms with Gasteiger partial charge in [-0.3, -0.25) is 19.3 Å². The van der Waals surface area contributed by atoms with E-state index >= 15 is 0 Å². The first-order valence-electron chi connectivity index (χ1n) is 8.23. The van der Waals surface area contributed by atoms with Gasteiger partial charge in [-0.05, 0) is 48.2 Å². The molecule has 7 heteroatoms. The van der Waals surface area contributed by atoms with Crippen LogP contribution in [0.5, 0.6) is 0 Å². The first kappa shape index (κ1) is 18.0. The minimum atomic E-state index is -0.436. The third-order valence-corrected chi connectivity index (χ3v) is 5.75. The highest BCUT2D eigenvalue weighted by Gasteiger charge is 2.37. The van der Waals surface area contributed by atoms with Crippen molar-refractivity contribution in [2.75, 3.05) is 19.6 Å². The van der Waals surface area contributed by atoms with Crippen molar-refractivity contribution < 1.29 is 14.4 Å². The first-order valence-corrected chi connectivity index (χ1v) is 9.43. The van der Waals surface area contributed by atoms with E-state index in [2.05, 4.69) is 6.92 Å². The monoisotopic (exact) mass is 378 g/mol. The van der Waals surface area contributed by atoms with Gasteiger partial charge in [0.1, 0.15) is 6.54 Å². The molecule has 0 spiro atoms. The summed E-state index contributed by atoms with van der Waals surface area (Å²) in [5, 5.41) is 0.0924. The lowest BCUT2D eigenvalue weighted by Gasteiger charge is -2.31. The van der Waals surface area contributed by atoms with Crippen LogP contribution < -0.4 is 0 Å². The Bertz CT molecular complexity index is 742. The van der Waals surface area contributed by atoms with Crippen molar-refractivity contribution in [2.24, 2.45) is 5.92 Å². The number of hydrogen-bond acceptors (Lipinski definition) is 4. The van der Waals surface area contributed by atoms with Gasteiger partial charge in [0.15, 0.2) is 0 Å². The van der Waals surface area contributed by atoms with Gasteiger partial charge >= 0.3 is 0 Å². The second-order valence-electron chi connectivity index (χ2n) is 6.35. The fourth-order valence-corrected chi connectivity index (χ4v) is 3.88. The van der Waals surface area contributed by atoms with Crippen molar-refractivity contribution in [1.82, 2.24) is 9.80 Å². The van der Waals surface area contributed by atoms with Gasteiger partial charge in [-0.1, -0.05) is 36.7 Å². The summed E-state index contributed by atoms with van der Waals surface area (Å²) in [6.45, 7) is 3.34. The van der Waals surface area contributed by atoms with Gasteiger partial charge < -0.3 is 4.90 Å². The Balaban J connectivity index is 1.69. The molecular weight excluding hydrogens is 360 g/mol. The number of imide groups is 1. The average molecular weight is 379 g/mol. The standard InChI is InChI=1S/C18H19ClN2O3S/c1-12-6-8-20(9-7-12)16(22)11-21-17(23)15(25-18(21)24)10-13-4-2-3-5-14(13)19/h2-5,10,12H,6-9,11H2,1H3/b15-10+. The van der Waals surface area contributed by atoms with Gasteiger partial charge in [-0.15, -0.1) is 0 Å². The third-order valence-electron chi connectivity index (χ3n) is 4.50. The second-order valence-corrected chi connectivity index (χ2v) is 7.75. The van der Waals surface area contributed by atoms with Crippen LogP contribution in [0.1, 0.15) is 25.3 Å². The predicted molar refractivity (Wildman–Crippen MR) is 99.1 cm³/mol. The van der Waals surface area contributed by atoms with Gasteiger partial charge in [0.25, 0.3) is 11.1 Å². The maximum absolute atomic E-state index is 12.5. The van der Waals surface area contributed by atoms with E-state index in [1.54, 1.807) is 29.2 Å². The third kappa shape index (κ3) is 4.07. The summed E-state index contributed by atoms with van der Waals surface area (Å²) in [5.74, 6) is 0.00153. The highest BCUT2D eigenvalue weighted by Crippen LogP contribution is 2.33. The minimum absolute atomic E-state index is 0.173. The second kappa shape index (κ2) is 7.62. The number of carbonyl (C=O) groups excluding carboxylic acids is 3. The number of piperidine rings is 1. The molecule has 25 heavy (non-hydrogen) atoms. The Kier molecular flexibility index (Phi) is 5.49. The summed E-state index contributed by atoms with van der Waals surface area (Å²) >= 11 is 6.94. The van der Waals surface area contributed by atoms with Gasteiger partial charge in [0.05, 0.1) is 4.91 Å². The summed E-state index contributed by atoms with van der Waals surface area (Å²) < 4.78 is 0. The van der Waals surface area contributed by atoms with Crippen molar-refractivity contribution in [1.29, 1.82) is 0 Å². The van der Waals surface area contributed by atoms with Gasteiger partial charge in [0.2, 0.25) is 5.91 Å². The fraction of sp³-hybridized carbons (Fsp3) is 0.389. The SMILES string of the molecule is CC1CCN(C(=O)CN2C(=O)S/C(=C/c3ccccc3Cl)C2=O)CC1. The molecule has 5 nitrogen and oxygen atoms in total. The number of benzene rings is 1. The predicted octanol–water partition coefficient (Wildman–Crippen LogP) is 3.63. The van der Waals surface area contributed by atoms with Gasteiger partial charge in [0, 0.05) is 18.1 Å². The number of rotatable bonds is 3. The molecule has 0 aromatic heterocycles. The highest BCUT2D eigenvalue weighted by atomic mass is 35.5. The molecule has 1 aromatic carbocycles. The van der Waals surface area contributed by atoms with E-state index in [1.165, 1.54) is 0 Å². The van der Waals surface area contributed by atoms with Crippen molar-refractivity contribution in [3.63, 3.8) is 0 Å². The van der Waals surface area contributed by atoms with Crippen molar-refractivity contribution in [3.05, 3.63) is 39.8 Å². The lowest BCUT2D eigenvalue weighted by molar-refractivity contribution is -0.136. The van der Waals surface area contributed by atoms with Crippen LogP contribution in [-0.4, -0.2) is 46.5 Å². The van der Waals surface area contributed by atoms with E-state index in [-0.39, 0.29) is 17.4 Å². The van der Waals surface area contributed by atoms with Gasteiger partial charge in [-0.25, -0.2) is 0 Å². The van der Waals surface area contributed by atoms with Crippen LogP contribution in [0.2, 0.25) is 5.02 Å². The molecule has 0 radical (unpaired) electrons. The Labute approximate surface area is 156 Å². The van der Waals surface area contributed by atoms with Crippen molar-refractivity contribution >= 4 is 46.5 Å². The summed E-state index contributed by atoms with van der Waals surface area (Å²) in [4.78, 5) is 40.1. The number of carbonyl (C=O) groups is 3. The molecule has 0 bridgehead atoms. The first-order chi connectivity index (χ1) is 12.0. The lowest BCUT2D eigenvalue weighted by atomic mass is 9.99. The highest BCUT2D eigenvalue weighted by molar-refractivity contribution is 8.18. The van der Waals surface area contributed by atoms with Crippen molar-refractivity contribution in [2.45, 2.75) is 19.8 Å². The normalized spacial score (nSPS) is 20.6. The maximum atomic E-state index is 12.5. The van der Waals surface area contributed by atoms with Crippen LogP contribution in [0.3, 0.4) is 0 Å². The quantitative estimate of drug-likeness (QED) is 0.753. The van der Waals surface area contributed by atoms with Crippen LogP contribution in [0.4, 0.5) is 4.79 Å². The maximum Gasteiger partial charge on any atom is 0.294 e. The molecule has 0 saturated carbocycles. The topological polar surface area (TPSA) is 57.7 Å². The summed E-state index contributed by atoms with van der Waals surface area (Å²) in [7, 11) is 0. The summed E-state index contributed by atoms with van der Waals surface area (Å²) in [6.07, 6.45) is 3.51. The van der Waals surface area contributed by atoms with E-state index in [1.807, 2.05) is 6.07 Å². The molecule has 0 unspecified atom stereocenters. The molecule has 2 aliphatic heterocycles. The molecule has 0 N–H and O–H groups in total. The number of amides is 3. The van der Waals surface area contributed by atoms with Crippen LogP contribution in [0, 0.1) is 5.92 Å². The summed E-state index contributed by atoms with van der Waals surface area (Å²) in [6, 6.07) is 7.10. The average Bonchev–Trinajstić information content (AvgIpc) is 2.85. The fourth-order valence-electron chi connectivity index (χ4n) is 2.86. The van der Waals surface area contributed by atoms with Crippen LogP contribution in [-0.2, 0) is 9.59 Å². The molecule has 2 heterocycles. The molecule has 3 rings (SSSR count). The number of halogens is 1. The van der Waals surface area contributed by atoms with Crippen molar-refractivity contribution in [3.8, 4) is 0 Å². The number of nitrogens with zero attached hydrogens (tertiary/aromatic N) is 2. The number of likely N-dealkylation sites (tertiary alicyclic amines) is 1. The Hall–Kier alpha value is -1.79. The molecule has 2 saturated heterocycles. The van der Waals surface area contributed by atoms with Crippen LogP contribution >= 0.6 is 23.4 Å². The largest absolute Gasteiger partial charge is 0.341 e. The number of thioether (sulfide) groups is 1. The lowest BCUT2D eigenvalue weighted by Crippen LogP contribution is -2.45. The van der Waals surface area contributed by atoms with Crippen LogP contribution in [0.15, 0.2) is 29.2 Å². The zero-order valence-corrected chi connectivity index (χ0v) is 15.5. The Morgan fingerprint density at radius 1 is 1.28 bits per heavy atom. The Morgan fingerprint density at radius 2 is 1.96 bits per heavy atom. The molecule has 132 valence electrons. The van der Waals surface area contributed by atoms with Crippen LogP contribution in [0.25, 0.3) is 6.08 Å². The van der Waals surface area contributed by atoms with E-state index < -0.39 is 11.1 Å². The molecular formula is C18H19ClN2O3S. The zero-order chi connectivity index (χ0) is 18.0. The van der Waals surface area contributed by atoms with Gasteiger partial charge in [-0.2, -0.15) is 0 Å². The molecule has 2 aliphatic rings. The van der Waals surface area contributed by atoms with E-state index in [0.717, 1.165) is 29.5 Å². The van der Waals surface area contributed by atoms with E-state index in [0.29, 0.717) is 29.6 Å². The smallest absolute Gasteiger partial charge is 0.294 e. The molecule has 2 fully saturated rings. The summed E-state index contributed by atoms with van der Waals surface area (Å²) in [5.41, 5.74) is 0.672. The molecule has 3 amide bonds. The minimum Gasteiger partial charge on any atom is -0.341 e. The molecule has 0 atom stereocenters. The molecule has 1 aromatic rings. The number of hydrogen-bond donors (Lipinski definition) is 0.